The summed E-state index contributed by atoms with van der Waals surface area (Å²) in [6, 6.07) is 7.84. The predicted octanol–water partition coefficient (Wildman–Crippen LogP) is 5.41. The maximum absolute atomic E-state index is 6.01. The lowest BCUT2D eigenvalue weighted by atomic mass is 9.90. The highest BCUT2D eigenvalue weighted by Gasteiger charge is 2.19. The summed E-state index contributed by atoms with van der Waals surface area (Å²) in [4.78, 5) is 0. The van der Waals surface area contributed by atoms with Crippen LogP contribution in [0, 0.1) is 0 Å². The number of hydrogen-bond acceptors (Lipinski definition) is 4. The Kier molecular flexibility index (Phi) is 5.11. The van der Waals surface area contributed by atoms with Gasteiger partial charge in [-0.05, 0) is 30.5 Å². The number of rotatable bonds is 5. The lowest BCUT2D eigenvalue weighted by Crippen LogP contribution is -2.03. The molecule has 1 aliphatic carbocycles. The largest absolute Gasteiger partial charge is 0.334 e. The lowest BCUT2D eigenvalue weighted by molar-refractivity contribution is 0.440. The summed E-state index contributed by atoms with van der Waals surface area (Å²) in [6.07, 6.45) is 7.22. The zero-order valence-electron chi connectivity index (χ0n) is 12.5. The Balaban J connectivity index is 1.58. The molecule has 1 fully saturated rings. The molecule has 0 amide bonds. The molecule has 1 N–H and O–H groups in total. The van der Waals surface area contributed by atoms with Crippen LogP contribution in [0.1, 0.15) is 48.6 Å². The van der Waals surface area contributed by atoms with Crippen molar-refractivity contribution in [2.24, 2.45) is 0 Å². The Morgan fingerprint density at radius 1 is 1.27 bits per heavy atom. The number of halogens is 1. The molecule has 116 valence electrons. The summed E-state index contributed by atoms with van der Waals surface area (Å²) in [7, 11) is 0. The molecule has 22 heavy (non-hydrogen) atoms. The minimum absolute atomic E-state index is 0.600. The molecule has 0 saturated heterocycles. The van der Waals surface area contributed by atoms with Crippen molar-refractivity contribution in [2.45, 2.75) is 44.4 Å². The van der Waals surface area contributed by atoms with E-state index in [0.717, 1.165) is 32.8 Å². The first-order chi connectivity index (χ1) is 10.7. The second kappa shape index (κ2) is 7.25. The molecule has 1 heterocycles. The van der Waals surface area contributed by atoms with Crippen LogP contribution in [0.3, 0.4) is 0 Å². The van der Waals surface area contributed by atoms with Crippen LogP contribution in [0.4, 0.5) is 5.13 Å². The minimum Gasteiger partial charge on any atom is -0.334 e. The van der Waals surface area contributed by atoms with Crippen molar-refractivity contribution in [3.63, 3.8) is 0 Å². The van der Waals surface area contributed by atoms with E-state index in [1.54, 1.807) is 11.3 Å². The highest BCUT2D eigenvalue weighted by Crippen LogP contribution is 2.35. The predicted molar refractivity (Wildman–Crippen MR) is 93.7 cm³/mol. The van der Waals surface area contributed by atoms with Crippen molar-refractivity contribution in [1.29, 1.82) is 0 Å². The van der Waals surface area contributed by atoms with Gasteiger partial charge in [0.25, 0.3) is 0 Å². The van der Waals surface area contributed by atoms with E-state index in [4.69, 9.17) is 11.6 Å². The molecule has 3 nitrogen and oxygen atoms in total. The van der Waals surface area contributed by atoms with Crippen LogP contribution in [0.25, 0.3) is 0 Å². The second-order valence-electron chi connectivity index (χ2n) is 5.82. The number of benzene rings is 1. The molecule has 0 radical (unpaired) electrons. The van der Waals surface area contributed by atoms with E-state index in [9.17, 15) is 0 Å². The standard InChI is InChI=1S/C17H20ClN3S/c1-12(10-13-6-5-9-15(18)11-13)19-17-21-20-16(22-17)14-7-3-2-4-8-14/h5-6,9,11,14H,1-4,7-8,10H2,(H,19,21). The summed E-state index contributed by atoms with van der Waals surface area (Å²) < 4.78 is 0. The first kappa shape index (κ1) is 15.5. The van der Waals surface area contributed by atoms with Gasteiger partial charge in [0.1, 0.15) is 5.01 Å². The topological polar surface area (TPSA) is 37.8 Å². The van der Waals surface area contributed by atoms with Gasteiger partial charge in [0.2, 0.25) is 5.13 Å². The highest BCUT2D eigenvalue weighted by molar-refractivity contribution is 7.15. The molecule has 1 aromatic heterocycles. The molecule has 0 unspecified atom stereocenters. The molecular formula is C17H20ClN3S. The van der Waals surface area contributed by atoms with E-state index in [1.165, 1.54) is 32.1 Å². The van der Waals surface area contributed by atoms with Gasteiger partial charge in [-0.25, -0.2) is 0 Å². The average molecular weight is 334 g/mol. The van der Waals surface area contributed by atoms with E-state index in [-0.39, 0.29) is 0 Å². The lowest BCUT2D eigenvalue weighted by Gasteiger charge is -2.18. The van der Waals surface area contributed by atoms with Crippen molar-refractivity contribution >= 4 is 28.1 Å². The molecule has 0 spiro atoms. The summed E-state index contributed by atoms with van der Waals surface area (Å²) in [6.45, 7) is 4.08. The fourth-order valence-electron chi connectivity index (χ4n) is 2.89. The Morgan fingerprint density at radius 3 is 2.86 bits per heavy atom. The monoisotopic (exact) mass is 333 g/mol. The van der Waals surface area contributed by atoms with E-state index in [2.05, 4.69) is 22.1 Å². The Hall–Kier alpha value is -1.39. The first-order valence-electron chi connectivity index (χ1n) is 7.73. The number of anilines is 1. The van der Waals surface area contributed by atoms with E-state index in [1.807, 2.05) is 24.3 Å². The van der Waals surface area contributed by atoms with Crippen molar-refractivity contribution < 1.29 is 0 Å². The molecule has 0 bridgehead atoms. The van der Waals surface area contributed by atoms with Gasteiger partial charge < -0.3 is 5.32 Å². The van der Waals surface area contributed by atoms with Crippen LogP contribution >= 0.6 is 22.9 Å². The number of nitrogens with one attached hydrogen (secondary N) is 1. The first-order valence-corrected chi connectivity index (χ1v) is 8.93. The van der Waals surface area contributed by atoms with Gasteiger partial charge in [-0.15, -0.1) is 10.2 Å². The van der Waals surface area contributed by atoms with Crippen LogP contribution in [-0.2, 0) is 6.42 Å². The molecule has 3 rings (SSSR count). The zero-order chi connectivity index (χ0) is 15.4. The highest BCUT2D eigenvalue weighted by atomic mass is 35.5. The quantitative estimate of drug-likeness (QED) is 0.795. The van der Waals surface area contributed by atoms with Gasteiger partial charge in [-0.1, -0.05) is 60.9 Å². The molecule has 0 atom stereocenters. The van der Waals surface area contributed by atoms with Gasteiger partial charge in [-0.3, -0.25) is 0 Å². The molecule has 1 aliphatic rings. The maximum atomic E-state index is 6.01. The summed E-state index contributed by atoms with van der Waals surface area (Å²) >= 11 is 7.67. The number of nitrogens with zero attached hydrogens (tertiary/aromatic N) is 2. The zero-order valence-corrected chi connectivity index (χ0v) is 14.1. The molecule has 5 heteroatoms. The number of aromatic nitrogens is 2. The number of allylic oxidation sites excluding steroid dienone is 1. The van der Waals surface area contributed by atoms with Crippen LogP contribution in [0.15, 0.2) is 36.5 Å². The average Bonchev–Trinajstić information content (AvgIpc) is 2.96. The molecule has 1 saturated carbocycles. The van der Waals surface area contributed by atoms with E-state index < -0.39 is 0 Å². The van der Waals surface area contributed by atoms with Gasteiger partial charge in [-0.2, -0.15) is 0 Å². The van der Waals surface area contributed by atoms with Gasteiger partial charge in [0.15, 0.2) is 0 Å². The maximum Gasteiger partial charge on any atom is 0.209 e. The van der Waals surface area contributed by atoms with Crippen LogP contribution < -0.4 is 5.32 Å². The summed E-state index contributed by atoms with van der Waals surface area (Å²) in [5.74, 6) is 0.600. The van der Waals surface area contributed by atoms with E-state index >= 15 is 0 Å². The fraction of sp³-hybridized carbons (Fsp3) is 0.412. The summed E-state index contributed by atoms with van der Waals surface area (Å²) in [5.41, 5.74) is 2.05. The van der Waals surface area contributed by atoms with Crippen LogP contribution in [-0.4, -0.2) is 10.2 Å². The van der Waals surface area contributed by atoms with E-state index in [0.29, 0.717) is 5.92 Å². The van der Waals surface area contributed by atoms with Gasteiger partial charge in [0.05, 0.1) is 0 Å². The third kappa shape index (κ3) is 4.08. The van der Waals surface area contributed by atoms with Crippen molar-refractivity contribution in [1.82, 2.24) is 10.2 Å². The molecule has 1 aromatic carbocycles. The van der Waals surface area contributed by atoms with Gasteiger partial charge >= 0.3 is 0 Å². The molecule has 2 aromatic rings. The second-order valence-corrected chi connectivity index (χ2v) is 7.26. The van der Waals surface area contributed by atoms with Crippen molar-refractivity contribution in [2.75, 3.05) is 5.32 Å². The van der Waals surface area contributed by atoms with Crippen molar-refractivity contribution in [3.8, 4) is 0 Å². The third-order valence-corrected chi connectivity index (χ3v) is 5.22. The SMILES string of the molecule is C=C(Cc1cccc(Cl)c1)Nc1nnc(C2CCCCC2)s1. The van der Waals surface area contributed by atoms with Crippen molar-refractivity contribution in [3.05, 3.63) is 52.1 Å². The van der Waals surface area contributed by atoms with Gasteiger partial charge in [0, 0.05) is 23.1 Å². The fourth-order valence-corrected chi connectivity index (χ4v) is 4.06. The Labute approximate surface area is 140 Å². The molecular weight excluding hydrogens is 314 g/mol. The molecule has 0 aliphatic heterocycles. The normalized spacial score (nSPS) is 15.7. The third-order valence-electron chi connectivity index (χ3n) is 3.99. The summed E-state index contributed by atoms with van der Waals surface area (Å²) in [5, 5.41) is 14.7. The Bertz CT molecular complexity index is 647. The minimum atomic E-state index is 0.600. The smallest absolute Gasteiger partial charge is 0.209 e. The Morgan fingerprint density at radius 2 is 2.09 bits per heavy atom. The van der Waals surface area contributed by atoms with Crippen LogP contribution in [0.5, 0.6) is 0 Å². The van der Waals surface area contributed by atoms with Crippen LogP contribution in [0.2, 0.25) is 5.02 Å². The number of hydrogen-bond donors (Lipinski definition) is 1.